The summed E-state index contributed by atoms with van der Waals surface area (Å²) in [5.74, 6) is 0.303. The number of nitrogens with one attached hydrogen (secondary N) is 1. The highest BCUT2D eigenvalue weighted by atomic mass is 14.9. The monoisotopic (exact) mass is 191 g/mol. The van der Waals surface area contributed by atoms with Gasteiger partial charge in [0.25, 0.3) is 0 Å². The molecule has 0 spiro atoms. The van der Waals surface area contributed by atoms with Crippen LogP contribution < -0.4 is 5.32 Å². The van der Waals surface area contributed by atoms with Crippen LogP contribution in [0.15, 0.2) is 0 Å². The summed E-state index contributed by atoms with van der Waals surface area (Å²) in [6.07, 6.45) is 4.50. The first kappa shape index (κ1) is 11.0. The molecule has 0 aromatic rings. The van der Waals surface area contributed by atoms with Crippen LogP contribution in [0.25, 0.3) is 0 Å². The van der Waals surface area contributed by atoms with Crippen molar-refractivity contribution < 1.29 is 0 Å². The summed E-state index contributed by atoms with van der Waals surface area (Å²) in [7, 11) is 0. The Balaban J connectivity index is 2.16. The molecule has 0 amide bonds. The normalized spacial score (nSPS) is 26.0. The van der Waals surface area contributed by atoms with E-state index in [4.69, 9.17) is 10.5 Å². The Hall–Kier alpha value is -1.06. The third-order valence-corrected chi connectivity index (χ3v) is 3.01. The lowest BCUT2D eigenvalue weighted by atomic mass is 10.1. The highest BCUT2D eigenvalue weighted by Gasteiger charge is 2.22. The van der Waals surface area contributed by atoms with Crippen molar-refractivity contribution >= 4 is 0 Å². The van der Waals surface area contributed by atoms with Crippen LogP contribution in [0.4, 0.5) is 0 Å². The van der Waals surface area contributed by atoms with E-state index in [1.807, 2.05) is 12.1 Å². The minimum absolute atomic E-state index is 0.445. The van der Waals surface area contributed by atoms with Crippen LogP contribution in [0.3, 0.4) is 0 Å². The average molecular weight is 191 g/mol. The van der Waals surface area contributed by atoms with Gasteiger partial charge in [-0.2, -0.15) is 10.5 Å². The fraction of sp³-hybridized carbons (Fsp3) is 0.818. The highest BCUT2D eigenvalue weighted by Crippen LogP contribution is 2.24. The van der Waals surface area contributed by atoms with Crippen molar-refractivity contribution in [2.75, 3.05) is 6.54 Å². The van der Waals surface area contributed by atoms with E-state index in [-0.39, 0.29) is 0 Å². The Bertz CT molecular complexity index is 234. The molecule has 1 rings (SSSR count). The van der Waals surface area contributed by atoms with E-state index < -0.39 is 5.92 Å². The molecule has 0 saturated heterocycles. The molecule has 1 aliphatic carbocycles. The predicted molar refractivity (Wildman–Crippen MR) is 54.1 cm³/mol. The molecule has 1 saturated carbocycles. The fourth-order valence-electron chi connectivity index (χ4n) is 2.02. The third-order valence-electron chi connectivity index (χ3n) is 3.01. The quantitative estimate of drug-likeness (QED) is 0.737. The van der Waals surface area contributed by atoms with E-state index in [1.165, 1.54) is 19.3 Å². The van der Waals surface area contributed by atoms with Crippen LogP contribution in [0.2, 0.25) is 0 Å². The summed E-state index contributed by atoms with van der Waals surface area (Å²) in [6.45, 7) is 3.05. The molecule has 0 radical (unpaired) electrons. The molecule has 3 heteroatoms. The van der Waals surface area contributed by atoms with Crippen LogP contribution in [-0.2, 0) is 0 Å². The lowest BCUT2D eigenvalue weighted by Gasteiger charge is -2.16. The molecule has 14 heavy (non-hydrogen) atoms. The summed E-state index contributed by atoms with van der Waals surface area (Å²) in [6, 6.07) is 4.58. The molecule has 0 aliphatic heterocycles. The van der Waals surface area contributed by atoms with Crippen LogP contribution >= 0.6 is 0 Å². The Morgan fingerprint density at radius 3 is 2.57 bits per heavy atom. The van der Waals surface area contributed by atoms with Gasteiger partial charge in [-0.1, -0.05) is 13.3 Å². The molecule has 3 nitrogen and oxygen atoms in total. The molecule has 1 aliphatic rings. The van der Waals surface area contributed by atoms with E-state index in [0.717, 1.165) is 12.5 Å². The maximum atomic E-state index is 8.57. The van der Waals surface area contributed by atoms with Crippen molar-refractivity contribution in [3.8, 4) is 12.1 Å². The zero-order valence-electron chi connectivity index (χ0n) is 8.66. The van der Waals surface area contributed by atoms with Crippen molar-refractivity contribution in [1.82, 2.24) is 5.32 Å². The molecule has 1 fully saturated rings. The average Bonchev–Trinajstić information content (AvgIpc) is 2.59. The van der Waals surface area contributed by atoms with Crippen molar-refractivity contribution in [1.29, 1.82) is 10.5 Å². The molecule has 0 aromatic heterocycles. The van der Waals surface area contributed by atoms with Crippen LogP contribution in [0.5, 0.6) is 0 Å². The first-order chi connectivity index (χ1) is 6.77. The SMILES string of the molecule is CC1CCCC1NCCC(C#N)C#N. The van der Waals surface area contributed by atoms with Gasteiger partial charge < -0.3 is 5.32 Å². The standard InChI is InChI=1S/C11H17N3/c1-9-3-2-4-11(9)14-6-5-10(7-12)8-13/h9-11,14H,2-6H2,1H3. The van der Waals surface area contributed by atoms with Gasteiger partial charge in [0.1, 0.15) is 5.92 Å². The molecular formula is C11H17N3. The molecule has 0 heterocycles. The summed E-state index contributed by atoms with van der Waals surface area (Å²) < 4.78 is 0. The molecule has 0 bridgehead atoms. The van der Waals surface area contributed by atoms with Gasteiger partial charge in [0, 0.05) is 6.04 Å². The lowest BCUT2D eigenvalue weighted by molar-refractivity contribution is 0.420. The second-order valence-corrected chi connectivity index (χ2v) is 4.07. The van der Waals surface area contributed by atoms with E-state index in [0.29, 0.717) is 12.5 Å². The fourth-order valence-corrected chi connectivity index (χ4v) is 2.02. The van der Waals surface area contributed by atoms with Crippen molar-refractivity contribution in [3.63, 3.8) is 0 Å². The van der Waals surface area contributed by atoms with E-state index >= 15 is 0 Å². The maximum Gasteiger partial charge on any atom is 0.134 e. The van der Waals surface area contributed by atoms with Crippen molar-refractivity contribution in [2.45, 2.75) is 38.6 Å². The van der Waals surface area contributed by atoms with E-state index in [9.17, 15) is 0 Å². The minimum Gasteiger partial charge on any atom is -0.314 e. The number of hydrogen-bond donors (Lipinski definition) is 1. The second kappa shape index (κ2) is 5.62. The predicted octanol–water partition coefficient (Wildman–Crippen LogP) is 1.82. The molecular weight excluding hydrogens is 174 g/mol. The smallest absolute Gasteiger partial charge is 0.134 e. The molecule has 2 atom stereocenters. The van der Waals surface area contributed by atoms with Gasteiger partial charge in [-0.05, 0) is 31.7 Å². The van der Waals surface area contributed by atoms with E-state index in [2.05, 4.69) is 12.2 Å². The minimum atomic E-state index is -0.445. The zero-order chi connectivity index (χ0) is 10.4. The molecule has 76 valence electrons. The van der Waals surface area contributed by atoms with Crippen molar-refractivity contribution in [2.24, 2.45) is 11.8 Å². The molecule has 2 unspecified atom stereocenters. The second-order valence-electron chi connectivity index (χ2n) is 4.07. The summed E-state index contributed by atoms with van der Waals surface area (Å²) in [4.78, 5) is 0. The molecule has 1 N–H and O–H groups in total. The maximum absolute atomic E-state index is 8.57. The Labute approximate surface area is 85.7 Å². The van der Waals surface area contributed by atoms with Crippen LogP contribution in [0.1, 0.15) is 32.6 Å². The lowest BCUT2D eigenvalue weighted by Crippen LogP contribution is -2.32. The Morgan fingerprint density at radius 2 is 2.07 bits per heavy atom. The first-order valence-electron chi connectivity index (χ1n) is 5.30. The highest BCUT2D eigenvalue weighted by molar-refractivity contribution is 4.99. The Morgan fingerprint density at radius 1 is 1.36 bits per heavy atom. The summed E-state index contributed by atoms with van der Waals surface area (Å²) in [5.41, 5.74) is 0. The van der Waals surface area contributed by atoms with Crippen LogP contribution in [0, 0.1) is 34.5 Å². The number of nitriles is 2. The van der Waals surface area contributed by atoms with Gasteiger partial charge in [0.15, 0.2) is 0 Å². The third kappa shape index (κ3) is 3.01. The van der Waals surface area contributed by atoms with E-state index in [1.54, 1.807) is 0 Å². The Kier molecular flexibility index (Phi) is 4.43. The zero-order valence-corrected chi connectivity index (χ0v) is 8.66. The van der Waals surface area contributed by atoms with Gasteiger partial charge >= 0.3 is 0 Å². The van der Waals surface area contributed by atoms with Gasteiger partial charge in [-0.15, -0.1) is 0 Å². The molecule has 0 aromatic carbocycles. The van der Waals surface area contributed by atoms with Gasteiger partial charge in [0.2, 0.25) is 0 Å². The summed E-state index contributed by atoms with van der Waals surface area (Å²) in [5, 5.41) is 20.6. The van der Waals surface area contributed by atoms with Gasteiger partial charge in [-0.3, -0.25) is 0 Å². The van der Waals surface area contributed by atoms with Gasteiger partial charge in [0.05, 0.1) is 12.1 Å². The topological polar surface area (TPSA) is 59.6 Å². The number of nitrogens with zero attached hydrogens (tertiary/aromatic N) is 2. The van der Waals surface area contributed by atoms with Gasteiger partial charge in [-0.25, -0.2) is 0 Å². The van der Waals surface area contributed by atoms with Crippen LogP contribution in [-0.4, -0.2) is 12.6 Å². The number of hydrogen-bond acceptors (Lipinski definition) is 3. The number of rotatable bonds is 4. The largest absolute Gasteiger partial charge is 0.314 e. The summed E-state index contributed by atoms with van der Waals surface area (Å²) >= 11 is 0. The first-order valence-corrected chi connectivity index (χ1v) is 5.30. The van der Waals surface area contributed by atoms with Crippen molar-refractivity contribution in [3.05, 3.63) is 0 Å².